The molecule has 0 spiro atoms. The first-order chi connectivity index (χ1) is 14.9. The number of rotatable bonds is 8. The molecule has 0 fully saturated rings. The molecule has 2 amide bonds. The number of carbonyl (C=O) groups excluding carboxylic acids is 1. The highest BCUT2D eigenvalue weighted by atomic mass is 32.2. The lowest BCUT2D eigenvalue weighted by molar-refractivity contribution is -0.385. The van der Waals surface area contributed by atoms with E-state index in [1.807, 2.05) is 30.3 Å². The lowest BCUT2D eigenvalue weighted by Gasteiger charge is -2.12. The summed E-state index contributed by atoms with van der Waals surface area (Å²) < 4.78 is 5.77. The Kier molecular flexibility index (Phi) is 6.88. The van der Waals surface area contributed by atoms with E-state index in [4.69, 9.17) is 10.5 Å². The molecular formula is C20H20N6O4S. The number of nitrogens with zero attached hydrogens (tertiary/aromatic N) is 3. The van der Waals surface area contributed by atoms with Gasteiger partial charge in [-0.2, -0.15) is 9.97 Å². The van der Waals surface area contributed by atoms with Crippen molar-refractivity contribution in [2.24, 2.45) is 5.73 Å². The molecule has 2 aromatic carbocycles. The molecule has 31 heavy (non-hydrogen) atoms. The van der Waals surface area contributed by atoms with Crippen LogP contribution in [0.15, 0.2) is 53.7 Å². The molecule has 0 atom stereocenters. The highest BCUT2D eigenvalue weighted by Crippen LogP contribution is 2.37. The Morgan fingerprint density at radius 3 is 2.61 bits per heavy atom. The number of anilines is 2. The minimum Gasteiger partial charge on any atom is -0.433 e. The summed E-state index contributed by atoms with van der Waals surface area (Å²) in [6.07, 6.45) is 1.76. The molecule has 0 bridgehead atoms. The molecule has 11 heteroatoms. The van der Waals surface area contributed by atoms with Crippen LogP contribution in [-0.2, 0) is 6.54 Å². The second kappa shape index (κ2) is 9.76. The van der Waals surface area contributed by atoms with Crippen molar-refractivity contribution < 1.29 is 14.5 Å². The predicted molar refractivity (Wildman–Crippen MR) is 119 cm³/mol. The predicted octanol–water partition coefficient (Wildman–Crippen LogP) is 4.31. The van der Waals surface area contributed by atoms with Gasteiger partial charge in [0.1, 0.15) is 5.75 Å². The van der Waals surface area contributed by atoms with Gasteiger partial charge in [-0.15, -0.1) is 0 Å². The first-order valence-electron chi connectivity index (χ1n) is 9.10. The zero-order valence-electron chi connectivity index (χ0n) is 16.8. The molecule has 0 saturated heterocycles. The Morgan fingerprint density at radius 1 is 1.23 bits per heavy atom. The van der Waals surface area contributed by atoms with E-state index >= 15 is 0 Å². The lowest BCUT2D eigenvalue weighted by Crippen LogP contribution is -2.19. The fourth-order valence-electron chi connectivity index (χ4n) is 2.78. The zero-order chi connectivity index (χ0) is 22.4. The van der Waals surface area contributed by atoms with Crippen LogP contribution in [-0.4, -0.2) is 27.2 Å². The Morgan fingerprint density at radius 2 is 1.97 bits per heavy atom. The van der Waals surface area contributed by atoms with Crippen molar-refractivity contribution in [2.75, 3.05) is 16.9 Å². The Hall–Kier alpha value is -3.86. The highest BCUT2D eigenvalue weighted by molar-refractivity contribution is 7.98. The molecule has 0 unspecified atom stereocenters. The van der Waals surface area contributed by atoms with Crippen molar-refractivity contribution in [3.05, 3.63) is 69.8 Å². The van der Waals surface area contributed by atoms with Crippen LogP contribution in [0.5, 0.6) is 11.6 Å². The Balaban J connectivity index is 1.98. The van der Waals surface area contributed by atoms with Crippen LogP contribution in [0.3, 0.4) is 0 Å². The summed E-state index contributed by atoms with van der Waals surface area (Å²) in [4.78, 5) is 30.8. The summed E-state index contributed by atoms with van der Waals surface area (Å²) in [5, 5.41) is 17.6. The molecule has 10 nitrogen and oxygen atoms in total. The summed E-state index contributed by atoms with van der Waals surface area (Å²) in [5.74, 6) is 0.0912. The minimum atomic E-state index is -0.735. The van der Waals surface area contributed by atoms with Crippen molar-refractivity contribution in [2.45, 2.75) is 18.6 Å². The van der Waals surface area contributed by atoms with Crippen LogP contribution in [0, 0.1) is 17.0 Å². The van der Waals surface area contributed by atoms with E-state index in [-0.39, 0.29) is 23.1 Å². The maximum Gasteiger partial charge on any atom is 0.373 e. The van der Waals surface area contributed by atoms with Crippen LogP contribution in [0.25, 0.3) is 0 Å². The number of nitro groups is 1. The zero-order valence-corrected chi connectivity index (χ0v) is 17.6. The second-order valence-electron chi connectivity index (χ2n) is 6.43. The van der Waals surface area contributed by atoms with Crippen molar-refractivity contribution in [1.29, 1.82) is 0 Å². The molecule has 1 aromatic heterocycles. The molecule has 3 rings (SSSR count). The fraction of sp³-hybridized carbons (Fsp3) is 0.150. The number of hydrogen-bond donors (Lipinski definition) is 3. The van der Waals surface area contributed by atoms with Crippen LogP contribution >= 0.6 is 11.8 Å². The molecule has 0 radical (unpaired) electrons. The Bertz CT molecular complexity index is 1110. The third-order valence-corrected chi connectivity index (χ3v) is 4.58. The monoisotopic (exact) mass is 440 g/mol. The van der Waals surface area contributed by atoms with E-state index < -0.39 is 11.0 Å². The van der Waals surface area contributed by atoms with Crippen molar-refractivity contribution in [3.63, 3.8) is 0 Å². The molecule has 0 saturated carbocycles. The summed E-state index contributed by atoms with van der Waals surface area (Å²) >= 11 is 1.23. The number of urea groups is 1. The topological polar surface area (TPSA) is 145 Å². The quantitative estimate of drug-likeness (QED) is 0.203. The molecule has 4 N–H and O–H groups in total. The number of aryl methyl sites for hydroxylation is 1. The van der Waals surface area contributed by atoms with E-state index in [9.17, 15) is 14.9 Å². The third kappa shape index (κ3) is 5.82. The molecular weight excluding hydrogens is 420 g/mol. The average Bonchev–Trinajstić information content (AvgIpc) is 2.71. The second-order valence-corrected chi connectivity index (χ2v) is 7.21. The van der Waals surface area contributed by atoms with Gasteiger partial charge in [0.2, 0.25) is 5.82 Å². The molecule has 0 aliphatic heterocycles. The van der Waals surface area contributed by atoms with Gasteiger partial charge in [0, 0.05) is 18.3 Å². The molecule has 0 aliphatic rings. The summed E-state index contributed by atoms with van der Waals surface area (Å²) in [6.45, 7) is 2.12. The summed E-state index contributed by atoms with van der Waals surface area (Å²) in [5.41, 5.74) is 6.86. The van der Waals surface area contributed by atoms with Gasteiger partial charge in [-0.25, -0.2) is 4.79 Å². The van der Waals surface area contributed by atoms with Crippen molar-refractivity contribution in [1.82, 2.24) is 9.97 Å². The van der Waals surface area contributed by atoms with Gasteiger partial charge in [-0.3, -0.25) is 10.1 Å². The van der Waals surface area contributed by atoms with E-state index in [2.05, 4.69) is 20.6 Å². The Labute approximate surface area is 182 Å². The number of ether oxygens (including phenoxy) is 1. The van der Waals surface area contributed by atoms with Gasteiger partial charge in [0.15, 0.2) is 5.16 Å². The maximum absolute atomic E-state index is 11.8. The maximum atomic E-state index is 11.8. The third-order valence-electron chi connectivity index (χ3n) is 4.03. The van der Waals surface area contributed by atoms with Crippen LogP contribution in [0.2, 0.25) is 0 Å². The number of nitrogens with one attached hydrogen (secondary N) is 2. The fourth-order valence-corrected chi connectivity index (χ4v) is 3.14. The largest absolute Gasteiger partial charge is 0.433 e. The number of carbonyl (C=O) groups is 1. The van der Waals surface area contributed by atoms with E-state index in [1.165, 1.54) is 17.8 Å². The number of primary amides is 1. The van der Waals surface area contributed by atoms with E-state index in [1.54, 1.807) is 25.3 Å². The van der Waals surface area contributed by atoms with Gasteiger partial charge in [-0.1, -0.05) is 42.1 Å². The number of aromatic nitrogens is 2. The van der Waals surface area contributed by atoms with Crippen molar-refractivity contribution in [3.8, 4) is 11.6 Å². The first-order valence-corrected chi connectivity index (χ1v) is 10.3. The van der Waals surface area contributed by atoms with Gasteiger partial charge in [0.25, 0.3) is 0 Å². The number of benzene rings is 2. The first kappa shape index (κ1) is 21.8. The van der Waals surface area contributed by atoms with E-state index in [0.717, 1.165) is 11.1 Å². The van der Waals surface area contributed by atoms with Crippen molar-refractivity contribution >= 4 is 35.0 Å². The van der Waals surface area contributed by atoms with Gasteiger partial charge >= 0.3 is 17.6 Å². The van der Waals surface area contributed by atoms with E-state index in [0.29, 0.717) is 17.4 Å². The molecule has 1 heterocycles. The normalized spacial score (nSPS) is 10.4. The van der Waals surface area contributed by atoms with Crippen LogP contribution in [0.4, 0.5) is 22.0 Å². The van der Waals surface area contributed by atoms with Gasteiger partial charge < -0.3 is 21.1 Å². The van der Waals surface area contributed by atoms with Gasteiger partial charge in [-0.05, 0) is 36.4 Å². The van der Waals surface area contributed by atoms with Gasteiger partial charge in [0.05, 0.1) is 4.92 Å². The number of thioether (sulfide) groups is 1. The highest BCUT2D eigenvalue weighted by Gasteiger charge is 2.27. The smallest absolute Gasteiger partial charge is 0.373 e. The number of amides is 2. The summed E-state index contributed by atoms with van der Waals surface area (Å²) in [7, 11) is 0. The minimum absolute atomic E-state index is 0.0475. The molecule has 3 aromatic rings. The SMILES string of the molecule is CSc1nc(NCc2ccccc2)c([N+](=O)[O-])c(Oc2cc(C)cc(NC(N)=O)c2)n1. The lowest BCUT2D eigenvalue weighted by atomic mass is 10.2. The molecule has 0 aliphatic carbocycles. The summed E-state index contributed by atoms with van der Waals surface area (Å²) in [6, 6.07) is 13.5. The average molecular weight is 440 g/mol. The number of nitrogens with two attached hydrogens (primary N) is 1. The number of hydrogen-bond acceptors (Lipinski definition) is 8. The molecule has 160 valence electrons. The standard InChI is InChI=1S/C20H20N6O4S/c1-12-8-14(23-19(21)27)10-15(9-12)30-18-16(26(28)29)17(24-20(25-18)31-2)22-11-13-6-4-3-5-7-13/h3-10H,11H2,1-2H3,(H3,21,23,27)(H,22,24,25). The van der Waals surface area contributed by atoms with Crippen LogP contribution in [0.1, 0.15) is 11.1 Å². The van der Waals surface area contributed by atoms with Crippen LogP contribution < -0.4 is 21.1 Å².